The molecule has 2 aliphatic rings. The Labute approximate surface area is 120 Å². The van der Waals surface area contributed by atoms with Crippen molar-refractivity contribution in [3.8, 4) is 0 Å². The minimum absolute atomic E-state index is 0.697. The zero-order chi connectivity index (χ0) is 13.5. The molecule has 0 aromatic rings. The lowest BCUT2D eigenvalue weighted by Crippen LogP contribution is -2.44. The molecule has 2 unspecified atom stereocenters. The summed E-state index contributed by atoms with van der Waals surface area (Å²) in [4.78, 5) is 2.74. The Hall–Kier alpha value is -0.0800. The lowest BCUT2D eigenvalue weighted by atomic mass is 9.87. The summed E-state index contributed by atoms with van der Waals surface area (Å²) in [5.41, 5.74) is 0. The van der Waals surface area contributed by atoms with Gasteiger partial charge in [0.05, 0.1) is 0 Å². The highest BCUT2D eigenvalue weighted by Gasteiger charge is 2.19. The van der Waals surface area contributed by atoms with E-state index in [1.807, 2.05) is 0 Å². The third-order valence-electron chi connectivity index (χ3n) is 5.26. The van der Waals surface area contributed by atoms with Crippen LogP contribution in [0.1, 0.15) is 71.6 Å². The maximum Gasteiger partial charge on any atom is 0.00790 e. The Kier molecular flexibility index (Phi) is 6.66. The predicted octanol–water partition coefficient (Wildman–Crippen LogP) is 3.81. The van der Waals surface area contributed by atoms with E-state index in [1.165, 1.54) is 77.4 Å². The quantitative estimate of drug-likeness (QED) is 0.832. The smallest absolute Gasteiger partial charge is 0.00790 e. The van der Waals surface area contributed by atoms with E-state index in [2.05, 4.69) is 24.1 Å². The van der Waals surface area contributed by atoms with Crippen LogP contribution in [0.5, 0.6) is 0 Å². The minimum atomic E-state index is 0.697. The van der Waals surface area contributed by atoms with E-state index >= 15 is 0 Å². The van der Waals surface area contributed by atoms with Gasteiger partial charge in [0.1, 0.15) is 0 Å². The Morgan fingerprint density at radius 3 is 2.47 bits per heavy atom. The van der Waals surface area contributed by atoms with Gasteiger partial charge in [0.2, 0.25) is 0 Å². The van der Waals surface area contributed by atoms with Gasteiger partial charge in [0, 0.05) is 12.1 Å². The molecule has 0 bridgehead atoms. The summed E-state index contributed by atoms with van der Waals surface area (Å²) >= 11 is 0. The summed E-state index contributed by atoms with van der Waals surface area (Å²) in [5, 5.41) is 3.77. The molecule has 1 aliphatic heterocycles. The second-order valence-corrected chi connectivity index (χ2v) is 6.88. The second-order valence-electron chi connectivity index (χ2n) is 6.88. The lowest BCUT2D eigenvalue weighted by Gasteiger charge is -2.33. The molecule has 2 rings (SSSR count). The molecule has 1 aliphatic carbocycles. The van der Waals surface area contributed by atoms with Crippen LogP contribution < -0.4 is 5.32 Å². The van der Waals surface area contributed by atoms with Gasteiger partial charge >= 0.3 is 0 Å². The molecule has 2 heteroatoms. The van der Waals surface area contributed by atoms with Crippen LogP contribution in [0.3, 0.4) is 0 Å². The monoisotopic (exact) mass is 266 g/mol. The van der Waals surface area contributed by atoms with Crippen molar-refractivity contribution in [1.29, 1.82) is 0 Å². The molecule has 0 aromatic carbocycles. The van der Waals surface area contributed by atoms with Crippen molar-refractivity contribution in [2.45, 2.75) is 83.7 Å². The van der Waals surface area contributed by atoms with Crippen LogP contribution in [0.4, 0.5) is 0 Å². The van der Waals surface area contributed by atoms with Crippen LogP contribution in [0.15, 0.2) is 0 Å². The van der Waals surface area contributed by atoms with E-state index in [4.69, 9.17) is 0 Å². The number of nitrogens with one attached hydrogen (secondary N) is 1. The first-order valence-electron chi connectivity index (χ1n) is 8.76. The molecular formula is C17H34N2. The van der Waals surface area contributed by atoms with Crippen molar-refractivity contribution in [3.63, 3.8) is 0 Å². The Morgan fingerprint density at radius 2 is 1.74 bits per heavy atom. The molecule has 0 spiro atoms. The average Bonchev–Trinajstić information content (AvgIpc) is 2.43. The molecule has 112 valence electrons. The molecule has 2 atom stereocenters. The zero-order valence-corrected chi connectivity index (χ0v) is 13.2. The number of rotatable bonds is 4. The predicted molar refractivity (Wildman–Crippen MR) is 83.5 cm³/mol. The molecule has 2 nitrogen and oxygen atoms in total. The van der Waals surface area contributed by atoms with Crippen molar-refractivity contribution >= 4 is 0 Å². The van der Waals surface area contributed by atoms with Gasteiger partial charge in [0.15, 0.2) is 0 Å². The fourth-order valence-electron chi connectivity index (χ4n) is 3.78. The van der Waals surface area contributed by atoms with Gasteiger partial charge in [-0.05, 0) is 58.2 Å². The van der Waals surface area contributed by atoms with E-state index in [0.717, 1.165) is 12.0 Å². The molecule has 2 fully saturated rings. The molecule has 1 N–H and O–H groups in total. The molecule has 0 aromatic heterocycles. The molecule has 0 radical (unpaired) electrons. The first-order chi connectivity index (χ1) is 9.28. The summed E-state index contributed by atoms with van der Waals surface area (Å²) in [6.45, 7) is 8.64. The highest BCUT2D eigenvalue weighted by atomic mass is 15.1. The summed E-state index contributed by atoms with van der Waals surface area (Å²) in [6, 6.07) is 1.44. The van der Waals surface area contributed by atoms with Gasteiger partial charge in [-0.3, -0.25) is 0 Å². The van der Waals surface area contributed by atoms with Crippen LogP contribution in [-0.2, 0) is 0 Å². The van der Waals surface area contributed by atoms with E-state index in [1.54, 1.807) is 0 Å². The van der Waals surface area contributed by atoms with E-state index in [9.17, 15) is 0 Å². The van der Waals surface area contributed by atoms with E-state index < -0.39 is 0 Å². The van der Waals surface area contributed by atoms with Gasteiger partial charge in [-0.1, -0.05) is 39.0 Å². The number of nitrogens with zero attached hydrogens (tertiary/aromatic N) is 1. The Morgan fingerprint density at radius 1 is 1.00 bits per heavy atom. The van der Waals surface area contributed by atoms with Crippen molar-refractivity contribution < 1.29 is 0 Å². The topological polar surface area (TPSA) is 15.3 Å². The van der Waals surface area contributed by atoms with Crippen molar-refractivity contribution in [2.75, 3.05) is 19.6 Å². The number of hydrogen-bond acceptors (Lipinski definition) is 2. The number of hydrogen-bond donors (Lipinski definition) is 1. The Balaban J connectivity index is 1.72. The standard InChI is InChI=1S/C17H34N2/c1-3-17-11-14-19(12-9-15(2)18-17)13-10-16-7-5-4-6-8-16/h15-18H,3-14H2,1-2H3. The van der Waals surface area contributed by atoms with Gasteiger partial charge < -0.3 is 10.2 Å². The highest BCUT2D eigenvalue weighted by molar-refractivity contribution is 4.77. The van der Waals surface area contributed by atoms with E-state index in [0.29, 0.717) is 6.04 Å². The third kappa shape index (κ3) is 5.43. The summed E-state index contributed by atoms with van der Waals surface area (Å²) in [7, 11) is 0. The zero-order valence-electron chi connectivity index (χ0n) is 13.2. The molecule has 1 heterocycles. The maximum atomic E-state index is 3.77. The Bertz CT molecular complexity index is 235. The summed E-state index contributed by atoms with van der Waals surface area (Å²) in [6.07, 6.45) is 12.9. The molecule has 1 saturated heterocycles. The largest absolute Gasteiger partial charge is 0.311 e. The average molecular weight is 266 g/mol. The van der Waals surface area contributed by atoms with Crippen molar-refractivity contribution in [2.24, 2.45) is 5.92 Å². The summed E-state index contributed by atoms with van der Waals surface area (Å²) in [5.74, 6) is 1.04. The van der Waals surface area contributed by atoms with Crippen molar-refractivity contribution in [3.05, 3.63) is 0 Å². The van der Waals surface area contributed by atoms with Crippen LogP contribution >= 0.6 is 0 Å². The fraction of sp³-hybridized carbons (Fsp3) is 1.00. The molecule has 19 heavy (non-hydrogen) atoms. The fourth-order valence-corrected chi connectivity index (χ4v) is 3.78. The second kappa shape index (κ2) is 8.26. The minimum Gasteiger partial charge on any atom is -0.311 e. The lowest BCUT2D eigenvalue weighted by molar-refractivity contribution is 0.192. The third-order valence-corrected chi connectivity index (χ3v) is 5.26. The van der Waals surface area contributed by atoms with Gasteiger partial charge in [0.25, 0.3) is 0 Å². The van der Waals surface area contributed by atoms with Crippen LogP contribution in [0, 0.1) is 5.92 Å². The van der Waals surface area contributed by atoms with E-state index in [-0.39, 0.29) is 0 Å². The first-order valence-corrected chi connectivity index (χ1v) is 8.76. The molecule has 1 saturated carbocycles. The maximum absolute atomic E-state index is 3.77. The van der Waals surface area contributed by atoms with Crippen LogP contribution in [0.2, 0.25) is 0 Å². The normalized spacial score (nSPS) is 31.9. The van der Waals surface area contributed by atoms with Crippen LogP contribution in [-0.4, -0.2) is 36.6 Å². The SMILES string of the molecule is CCC1CCN(CCC2CCCCC2)CCC(C)N1. The van der Waals surface area contributed by atoms with Gasteiger partial charge in [-0.15, -0.1) is 0 Å². The highest BCUT2D eigenvalue weighted by Crippen LogP contribution is 2.26. The van der Waals surface area contributed by atoms with Gasteiger partial charge in [-0.2, -0.15) is 0 Å². The summed E-state index contributed by atoms with van der Waals surface area (Å²) < 4.78 is 0. The van der Waals surface area contributed by atoms with Crippen molar-refractivity contribution in [1.82, 2.24) is 10.2 Å². The van der Waals surface area contributed by atoms with Crippen LogP contribution in [0.25, 0.3) is 0 Å². The molecular weight excluding hydrogens is 232 g/mol. The molecule has 0 amide bonds. The first kappa shape index (κ1) is 15.3. The van der Waals surface area contributed by atoms with Gasteiger partial charge in [-0.25, -0.2) is 0 Å².